The summed E-state index contributed by atoms with van der Waals surface area (Å²) in [7, 11) is 0. The van der Waals surface area contributed by atoms with E-state index in [1.807, 2.05) is 0 Å². The number of ether oxygens (including phenoxy) is 2. The SMILES string of the molecule is C=C1C[C@]23C[C@H]1CC[C@H]2[C@@]12OC(=O)[C@@](C)([C@H]1[C@@H]3C(=O)O)[C@H]1O[C@H]1[C@@H]2O. The van der Waals surface area contributed by atoms with Gasteiger partial charge in [-0.15, -0.1) is 0 Å². The molecule has 0 aromatic rings. The fourth-order valence-electron chi connectivity index (χ4n) is 7.99. The summed E-state index contributed by atoms with van der Waals surface area (Å²) in [5.41, 5.74) is -1.40. The van der Waals surface area contributed by atoms with Crippen molar-refractivity contribution in [2.75, 3.05) is 0 Å². The van der Waals surface area contributed by atoms with Crippen LogP contribution in [-0.2, 0) is 19.1 Å². The zero-order valence-electron chi connectivity index (χ0n) is 14.1. The lowest BCUT2D eigenvalue weighted by Gasteiger charge is -2.45. The van der Waals surface area contributed by atoms with Crippen LogP contribution in [0.25, 0.3) is 0 Å². The molecule has 4 aliphatic carbocycles. The summed E-state index contributed by atoms with van der Waals surface area (Å²) in [6.07, 6.45) is 1.42. The Morgan fingerprint density at radius 2 is 2.12 bits per heavy atom. The predicted molar refractivity (Wildman–Crippen MR) is 83.2 cm³/mol. The van der Waals surface area contributed by atoms with E-state index in [9.17, 15) is 19.8 Å². The molecule has 6 rings (SSSR count). The van der Waals surface area contributed by atoms with E-state index < -0.39 is 52.5 Å². The molecule has 0 aromatic carbocycles. The molecular formula is C19H22O6. The van der Waals surface area contributed by atoms with E-state index in [1.165, 1.54) is 0 Å². The molecular weight excluding hydrogens is 324 g/mol. The molecule has 6 nitrogen and oxygen atoms in total. The van der Waals surface area contributed by atoms with Gasteiger partial charge in [-0.1, -0.05) is 12.2 Å². The zero-order chi connectivity index (χ0) is 17.5. The lowest BCUT2D eigenvalue weighted by molar-refractivity contribution is -0.178. The molecule has 2 N–H and O–H groups in total. The van der Waals surface area contributed by atoms with Crippen LogP contribution in [0.2, 0.25) is 0 Å². The first-order chi connectivity index (χ1) is 11.8. The summed E-state index contributed by atoms with van der Waals surface area (Å²) in [5, 5.41) is 21.3. The lowest BCUT2D eigenvalue weighted by Crippen LogP contribution is -2.59. The Kier molecular flexibility index (Phi) is 2.25. The van der Waals surface area contributed by atoms with Gasteiger partial charge in [-0.25, -0.2) is 0 Å². The van der Waals surface area contributed by atoms with Crippen LogP contribution in [0.3, 0.4) is 0 Å². The van der Waals surface area contributed by atoms with E-state index in [1.54, 1.807) is 6.92 Å². The number of carbonyl (C=O) groups is 2. The first-order valence-corrected chi connectivity index (χ1v) is 9.26. The maximum absolute atomic E-state index is 12.9. The van der Waals surface area contributed by atoms with E-state index in [0.717, 1.165) is 24.8 Å². The van der Waals surface area contributed by atoms with Crippen molar-refractivity contribution in [2.45, 2.75) is 56.5 Å². The average Bonchev–Trinajstić information content (AvgIpc) is 3.22. The predicted octanol–water partition coefficient (Wildman–Crippen LogP) is 1.12. The van der Waals surface area contributed by atoms with Crippen LogP contribution in [-0.4, -0.2) is 46.1 Å². The van der Waals surface area contributed by atoms with Crippen molar-refractivity contribution in [3.63, 3.8) is 0 Å². The normalized spacial score (nSPS) is 62.9. The minimum absolute atomic E-state index is 0.132. The summed E-state index contributed by atoms with van der Waals surface area (Å²) < 4.78 is 11.7. The highest BCUT2D eigenvalue weighted by atomic mass is 16.6. The van der Waals surface area contributed by atoms with Crippen LogP contribution in [0, 0.1) is 34.5 Å². The highest BCUT2D eigenvalue weighted by Crippen LogP contribution is 2.79. The third-order valence-corrected chi connectivity index (χ3v) is 8.75. The Hall–Kier alpha value is -1.40. The van der Waals surface area contributed by atoms with E-state index in [4.69, 9.17) is 9.47 Å². The van der Waals surface area contributed by atoms with E-state index in [0.29, 0.717) is 12.3 Å². The first kappa shape index (κ1) is 14.7. The van der Waals surface area contributed by atoms with Crippen LogP contribution < -0.4 is 0 Å². The molecule has 134 valence electrons. The maximum atomic E-state index is 12.9. The van der Waals surface area contributed by atoms with Crippen LogP contribution >= 0.6 is 0 Å². The molecule has 2 aliphatic heterocycles. The molecule has 6 heteroatoms. The van der Waals surface area contributed by atoms with Crippen molar-refractivity contribution in [3.8, 4) is 0 Å². The number of carbonyl (C=O) groups excluding carboxylic acids is 1. The minimum Gasteiger partial charge on any atom is -0.481 e. The lowest BCUT2D eigenvalue weighted by atomic mass is 9.59. The third kappa shape index (κ3) is 1.22. The molecule has 10 atom stereocenters. The molecule has 4 saturated carbocycles. The third-order valence-electron chi connectivity index (χ3n) is 8.75. The summed E-state index contributed by atoms with van der Waals surface area (Å²) in [4.78, 5) is 25.3. The Bertz CT molecular complexity index is 761. The monoisotopic (exact) mass is 346 g/mol. The van der Waals surface area contributed by atoms with Crippen molar-refractivity contribution in [3.05, 3.63) is 12.2 Å². The van der Waals surface area contributed by atoms with Crippen LogP contribution in [0.4, 0.5) is 0 Å². The van der Waals surface area contributed by atoms with Gasteiger partial charge in [0.25, 0.3) is 0 Å². The molecule has 25 heavy (non-hydrogen) atoms. The number of fused-ring (bicyclic) bond motifs is 3. The summed E-state index contributed by atoms with van der Waals surface area (Å²) in [5.74, 6) is -2.26. The first-order valence-electron chi connectivity index (χ1n) is 9.26. The second kappa shape index (κ2) is 3.81. The number of hydrogen-bond acceptors (Lipinski definition) is 5. The van der Waals surface area contributed by atoms with Gasteiger partial charge < -0.3 is 19.7 Å². The van der Waals surface area contributed by atoms with Gasteiger partial charge in [0.05, 0.1) is 5.92 Å². The number of carboxylic acid groups (broad SMARTS) is 1. The van der Waals surface area contributed by atoms with E-state index in [-0.39, 0.29) is 11.9 Å². The molecule has 2 saturated heterocycles. The number of aliphatic hydroxyl groups excluding tert-OH is 1. The number of aliphatic hydroxyl groups is 1. The van der Waals surface area contributed by atoms with Crippen molar-refractivity contribution >= 4 is 11.9 Å². The minimum atomic E-state index is -1.11. The van der Waals surface area contributed by atoms with Crippen molar-refractivity contribution in [1.82, 2.24) is 0 Å². The van der Waals surface area contributed by atoms with Gasteiger partial charge in [-0.05, 0) is 43.9 Å². The zero-order valence-corrected chi connectivity index (χ0v) is 14.1. The molecule has 2 heterocycles. The van der Waals surface area contributed by atoms with Gasteiger partial charge in [0, 0.05) is 11.8 Å². The second-order valence-corrected chi connectivity index (χ2v) is 9.38. The Morgan fingerprint density at radius 3 is 2.84 bits per heavy atom. The molecule has 6 aliphatic rings. The molecule has 0 radical (unpaired) electrons. The van der Waals surface area contributed by atoms with E-state index >= 15 is 0 Å². The van der Waals surface area contributed by atoms with Crippen molar-refractivity contribution < 1.29 is 29.3 Å². The van der Waals surface area contributed by atoms with Gasteiger partial charge in [0.2, 0.25) is 0 Å². The number of carboxylic acids is 1. The largest absolute Gasteiger partial charge is 0.481 e. The van der Waals surface area contributed by atoms with Gasteiger partial charge in [0.1, 0.15) is 29.3 Å². The summed E-state index contributed by atoms with van der Waals surface area (Å²) in [6.45, 7) is 6.01. The second-order valence-electron chi connectivity index (χ2n) is 9.38. The number of rotatable bonds is 1. The van der Waals surface area contributed by atoms with Crippen molar-refractivity contribution in [1.29, 1.82) is 0 Å². The number of hydrogen-bond donors (Lipinski definition) is 2. The quantitative estimate of drug-likeness (QED) is 0.420. The van der Waals surface area contributed by atoms with Gasteiger partial charge in [-0.2, -0.15) is 0 Å². The Labute approximate surface area is 145 Å². The van der Waals surface area contributed by atoms with Crippen LogP contribution in [0.1, 0.15) is 32.6 Å². The topological polar surface area (TPSA) is 96.4 Å². The molecule has 6 fully saturated rings. The standard InChI is InChI=1S/C19H22O6/c1-7-5-18-6-8(7)3-4-9(18)19-12(10(18)15(21)22)17(2,16(23)25-19)14-11(24-14)13(19)20/h8-14,20H,1,3-6H2,2H3,(H,21,22)/t8-,9-,10-,11+,12-,13+,14+,17+,18+,19-/m1/s1. The number of esters is 1. The molecule has 0 aromatic heterocycles. The van der Waals surface area contributed by atoms with E-state index in [2.05, 4.69) is 6.58 Å². The van der Waals surface area contributed by atoms with Crippen LogP contribution in [0.15, 0.2) is 12.2 Å². The number of allylic oxidation sites excluding steroid dienone is 1. The van der Waals surface area contributed by atoms with Crippen molar-refractivity contribution in [2.24, 2.45) is 34.5 Å². The smallest absolute Gasteiger partial charge is 0.315 e. The maximum Gasteiger partial charge on any atom is 0.315 e. The number of epoxide rings is 1. The van der Waals surface area contributed by atoms with Gasteiger partial charge in [0.15, 0.2) is 0 Å². The molecule has 0 amide bonds. The molecule has 0 unspecified atom stereocenters. The Balaban J connectivity index is 1.63. The summed E-state index contributed by atoms with van der Waals surface area (Å²) in [6, 6.07) is 0. The van der Waals surface area contributed by atoms with Gasteiger partial charge >= 0.3 is 11.9 Å². The van der Waals surface area contributed by atoms with Gasteiger partial charge in [-0.3, -0.25) is 9.59 Å². The highest BCUT2D eigenvalue weighted by Gasteiger charge is 2.90. The average molecular weight is 346 g/mol. The summed E-state index contributed by atoms with van der Waals surface area (Å²) >= 11 is 0. The Morgan fingerprint density at radius 1 is 1.36 bits per heavy atom. The molecule has 4 bridgehead atoms. The highest BCUT2D eigenvalue weighted by molar-refractivity contribution is 5.86. The number of aliphatic carboxylic acids is 1. The fourth-order valence-corrected chi connectivity index (χ4v) is 7.99. The molecule has 1 spiro atoms. The van der Waals surface area contributed by atoms with Crippen LogP contribution in [0.5, 0.6) is 0 Å². The fraction of sp³-hybridized carbons (Fsp3) is 0.789.